The summed E-state index contributed by atoms with van der Waals surface area (Å²) in [4.78, 5) is 26.3. The van der Waals surface area contributed by atoms with Gasteiger partial charge in [-0.05, 0) is 24.7 Å². The molecule has 0 aromatic rings. The lowest BCUT2D eigenvalue weighted by molar-refractivity contribution is -0.152. The zero-order valence-corrected chi connectivity index (χ0v) is 13.5. The number of carbonyl (C=O) groups excluding carboxylic acids is 2. The number of methoxy groups -OCH3 is 1. The molecule has 116 valence electrons. The minimum atomic E-state index is -0.435. The Labute approximate surface area is 122 Å². The van der Waals surface area contributed by atoms with E-state index in [2.05, 4.69) is 19.2 Å². The summed E-state index contributed by atoms with van der Waals surface area (Å²) >= 11 is 0. The molecule has 0 radical (unpaired) electrons. The van der Waals surface area contributed by atoms with Crippen molar-refractivity contribution in [2.24, 2.45) is 11.3 Å². The Balaban J connectivity index is 2.90. The molecule has 0 aromatic heterocycles. The van der Waals surface area contributed by atoms with Crippen LogP contribution in [-0.2, 0) is 14.3 Å². The summed E-state index contributed by atoms with van der Waals surface area (Å²) in [6.07, 6.45) is 0.855. The van der Waals surface area contributed by atoms with Gasteiger partial charge in [0.2, 0.25) is 11.8 Å². The van der Waals surface area contributed by atoms with Crippen molar-refractivity contribution >= 4 is 11.8 Å². The van der Waals surface area contributed by atoms with E-state index in [-0.39, 0.29) is 29.2 Å². The normalized spacial score (nSPS) is 24.2. The first kappa shape index (κ1) is 17.0. The fourth-order valence-electron chi connectivity index (χ4n) is 2.65. The van der Waals surface area contributed by atoms with E-state index in [1.165, 1.54) is 0 Å². The number of carbonyl (C=O) groups is 2. The van der Waals surface area contributed by atoms with Crippen LogP contribution >= 0.6 is 0 Å². The van der Waals surface area contributed by atoms with Gasteiger partial charge in [-0.1, -0.05) is 27.7 Å². The topological polar surface area (TPSA) is 58.6 Å². The molecule has 1 aliphatic heterocycles. The molecule has 1 rings (SSSR count). The molecule has 0 aliphatic carbocycles. The summed E-state index contributed by atoms with van der Waals surface area (Å²) in [5.41, 5.74) is -0.0733. The summed E-state index contributed by atoms with van der Waals surface area (Å²) in [7, 11) is 1.68. The van der Waals surface area contributed by atoms with E-state index in [0.29, 0.717) is 13.2 Å². The lowest BCUT2D eigenvalue weighted by Crippen LogP contribution is -2.65. The van der Waals surface area contributed by atoms with Crippen molar-refractivity contribution in [3.05, 3.63) is 0 Å². The first-order valence-electron chi connectivity index (χ1n) is 7.29. The molecule has 0 spiro atoms. The molecule has 0 bridgehead atoms. The van der Waals surface area contributed by atoms with Crippen LogP contribution in [0.4, 0.5) is 0 Å². The highest BCUT2D eigenvalue weighted by atomic mass is 16.5. The molecule has 2 amide bonds. The van der Waals surface area contributed by atoms with Gasteiger partial charge in [-0.3, -0.25) is 9.59 Å². The highest BCUT2D eigenvalue weighted by Crippen LogP contribution is 2.27. The number of hydrogen-bond donors (Lipinski definition) is 1. The molecule has 0 aromatic carbocycles. The molecule has 1 N–H and O–H groups in total. The van der Waals surface area contributed by atoms with Crippen molar-refractivity contribution in [3.8, 4) is 0 Å². The standard InChI is InChI=1S/C15H28N2O3/c1-10(2)12-13(18)16-11(3)14(19)17(12)9-15(4,5)7-8-20-6/h10-12H,7-9H2,1-6H3,(H,16,18). The SMILES string of the molecule is COCCC(C)(C)CN1C(=O)C(C)NC(=O)C1C(C)C. The van der Waals surface area contributed by atoms with E-state index in [0.717, 1.165) is 6.42 Å². The van der Waals surface area contributed by atoms with Crippen LogP contribution in [0.1, 0.15) is 41.0 Å². The highest BCUT2D eigenvalue weighted by molar-refractivity contribution is 5.96. The van der Waals surface area contributed by atoms with Gasteiger partial charge in [-0.25, -0.2) is 0 Å². The van der Waals surface area contributed by atoms with Crippen LogP contribution in [0.2, 0.25) is 0 Å². The van der Waals surface area contributed by atoms with Crippen LogP contribution in [0.15, 0.2) is 0 Å². The molecule has 1 saturated heterocycles. The second-order valence-electron chi connectivity index (χ2n) is 6.79. The quantitative estimate of drug-likeness (QED) is 0.802. The van der Waals surface area contributed by atoms with E-state index in [9.17, 15) is 9.59 Å². The second-order valence-corrected chi connectivity index (χ2v) is 6.79. The summed E-state index contributed by atoms with van der Waals surface area (Å²) in [6, 6.07) is -0.809. The van der Waals surface area contributed by atoms with Gasteiger partial charge in [0.25, 0.3) is 0 Å². The van der Waals surface area contributed by atoms with E-state index >= 15 is 0 Å². The number of hydrogen-bond acceptors (Lipinski definition) is 3. The molecule has 5 heteroatoms. The van der Waals surface area contributed by atoms with Gasteiger partial charge in [0.15, 0.2) is 0 Å². The van der Waals surface area contributed by atoms with Crippen molar-refractivity contribution in [3.63, 3.8) is 0 Å². The number of nitrogens with zero attached hydrogens (tertiary/aromatic N) is 1. The Morgan fingerprint density at radius 3 is 2.45 bits per heavy atom. The minimum absolute atomic E-state index is 0.00814. The number of nitrogens with one attached hydrogen (secondary N) is 1. The molecular formula is C15H28N2O3. The first-order chi connectivity index (χ1) is 9.19. The largest absolute Gasteiger partial charge is 0.385 e. The molecule has 1 fully saturated rings. The zero-order valence-electron chi connectivity index (χ0n) is 13.5. The average Bonchev–Trinajstić information content (AvgIpc) is 2.32. The van der Waals surface area contributed by atoms with Gasteiger partial charge in [0.1, 0.15) is 12.1 Å². The molecule has 5 nitrogen and oxygen atoms in total. The number of amides is 2. The number of rotatable bonds is 6. The number of piperazine rings is 1. The van der Waals surface area contributed by atoms with Crippen LogP contribution in [-0.4, -0.2) is 49.1 Å². The van der Waals surface area contributed by atoms with Gasteiger partial charge in [-0.2, -0.15) is 0 Å². The summed E-state index contributed by atoms with van der Waals surface area (Å²) in [5, 5.41) is 2.76. The Kier molecular flexibility index (Phi) is 5.57. The van der Waals surface area contributed by atoms with Gasteiger partial charge in [-0.15, -0.1) is 0 Å². The van der Waals surface area contributed by atoms with Crippen LogP contribution in [0.5, 0.6) is 0 Å². The fraction of sp³-hybridized carbons (Fsp3) is 0.867. The molecule has 1 aliphatic rings. The molecule has 2 unspecified atom stereocenters. The molecular weight excluding hydrogens is 256 g/mol. The predicted octanol–water partition coefficient (Wildman–Crippen LogP) is 1.42. The maximum Gasteiger partial charge on any atom is 0.245 e. The van der Waals surface area contributed by atoms with Crippen molar-refractivity contribution in [1.82, 2.24) is 10.2 Å². The lowest BCUT2D eigenvalue weighted by Gasteiger charge is -2.43. The molecule has 20 heavy (non-hydrogen) atoms. The Morgan fingerprint density at radius 1 is 1.35 bits per heavy atom. The van der Waals surface area contributed by atoms with Crippen molar-refractivity contribution < 1.29 is 14.3 Å². The average molecular weight is 284 g/mol. The molecule has 2 atom stereocenters. The van der Waals surface area contributed by atoms with Crippen LogP contribution in [0.25, 0.3) is 0 Å². The second kappa shape index (κ2) is 6.57. The summed E-state index contributed by atoms with van der Waals surface area (Å²) in [5.74, 6) is 0.0631. The predicted molar refractivity (Wildman–Crippen MR) is 78.2 cm³/mol. The van der Waals surface area contributed by atoms with Crippen LogP contribution < -0.4 is 5.32 Å². The third-order valence-corrected chi connectivity index (χ3v) is 3.83. The Hall–Kier alpha value is -1.10. The lowest BCUT2D eigenvalue weighted by atomic mass is 9.86. The Bertz CT molecular complexity index is 366. The third kappa shape index (κ3) is 3.95. The first-order valence-corrected chi connectivity index (χ1v) is 7.29. The summed E-state index contributed by atoms with van der Waals surface area (Å²) in [6.45, 7) is 11.1. The monoisotopic (exact) mass is 284 g/mol. The van der Waals surface area contributed by atoms with E-state index in [1.807, 2.05) is 13.8 Å². The third-order valence-electron chi connectivity index (χ3n) is 3.83. The van der Waals surface area contributed by atoms with Crippen LogP contribution in [0, 0.1) is 11.3 Å². The Morgan fingerprint density at radius 2 is 1.95 bits per heavy atom. The summed E-state index contributed by atoms with van der Waals surface area (Å²) < 4.78 is 5.13. The van der Waals surface area contributed by atoms with E-state index in [1.54, 1.807) is 18.9 Å². The van der Waals surface area contributed by atoms with Gasteiger partial charge >= 0.3 is 0 Å². The molecule has 0 saturated carbocycles. The van der Waals surface area contributed by atoms with Crippen molar-refractivity contribution in [2.45, 2.75) is 53.1 Å². The number of ether oxygens (including phenoxy) is 1. The van der Waals surface area contributed by atoms with Crippen molar-refractivity contribution in [1.29, 1.82) is 0 Å². The molecule has 1 heterocycles. The van der Waals surface area contributed by atoms with Gasteiger partial charge < -0.3 is 15.0 Å². The zero-order chi connectivity index (χ0) is 15.5. The van der Waals surface area contributed by atoms with Crippen LogP contribution in [0.3, 0.4) is 0 Å². The highest BCUT2D eigenvalue weighted by Gasteiger charge is 2.42. The van der Waals surface area contributed by atoms with E-state index < -0.39 is 6.04 Å². The fourth-order valence-corrected chi connectivity index (χ4v) is 2.65. The van der Waals surface area contributed by atoms with Gasteiger partial charge in [0, 0.05) is 20.3 Å². The van der Waals surface area contributed by atoms with Crippen molar-refractivity contribution in [2.75, 3.05) is 20.3 Å². The maximum atomic E-state index is 12.4. The van der Waals surface area contributed by atoms with E-state index in [4.69, 9.17) is 4.74 Å². The minimum Gasteiger partial charge on any atom is -0.385 e. The maximum absolute atomic E-state index is 12.4. The van der Waals surface area contributed by atoms with Gasteiger partial charge in [0.05, 0.1) is 0 Å². The smallest absolute Gasteiger partial charge is 0.245 e.